The average molecular weight is 630 g/mol. The summed E-state index contributed by atoms with van der Waals surface area (Å²) >= 11 is 1.92. The van der Waals surface area contributed by atoms with E-state index >= 15 is 0 Å². The van der Waals surface area contributed by atoms with Gasteiger partial charge in [0.1, 0.15) is 11.5 Å². The average Bonchev–Trinajstić information content (AvgIpc) is 3.66. The minimum Gasteiger partial charge on any atom is -0.400 e. The summed E-state index contributed by atoms with van der Waals surface area (Å²) in [5.41, 5.74) is 13.7. The molecule has 3 rings (SSSR count). The predicted molar refractivity (Wildman–Crippen MR) is 190 cm³/mol. The summed E-state index contributed by atoms with van der Waals surface area (Å²) < 4.78 is 11.4. The third-order valence-electron chi connectivity index (χ3n) is 6.84. The van der Waals surface area contributed by atoms with Gasteiger partial charge in [-0.1, -0.05) is 74.8 Å². The van der Waals surface area contributed by atoms with Gasteiger partial charge >= 0.3 is 0 Å². The van der Waals surface area contributed by atoms with E-state index in [0.29, 0.717) is 12.2 Å². The molecule has 1 aliphatic heterocycles. The molecular formula is C36H59N3O4S. The van der Waals surface area contributed by atoms with E-state index in [1.165, 1.54) is 24.0 Å². The van der Waals surface area contributed by atoms with Crippen molar-refractivity contribution in [1.29, 1.82) is 0 Å². The number of unbranched alkanes of at least 4 members (excludes halogenated alkanes) is 1. The molecule has 44 heavy (non-hydrogen) atoms. The monoisotopic (exact) mass is 629 g/mol. The minimum absolute atomic E-state index is 0.250. The third kappa shape index (κ3) is 15.4. The zero-order valence-electron chi connectivity index (χ0n) is 28.7. The maximum absolute atomic E-state index is 7.57. The molecule has 1 saturated heterocycles. The number of nitrogens with zero attached hydrogens (tertiary/aromatic N) is 2. The number of benzene rings is 1. The number of ether oxygens (including phenoxy) is 1. The van der Waals surface area contributed by atoms with E-state index in [4.69, 9.17) is 25.2 Å². The summed E-state index contributed by atoms with van der Waals surface area (Å²) in [4.78, 5) is 4.33. The van der Waals surface area contributed by atoms with Crippen LogP contribution < -0.4 is 5.73 Å². The van der Waals surface area contributed by atoms with E-state index in [9.17, 15) is 0 Å². The van der Waals surface area contributed by atoms with Crippen molar-refractivity contribution in [3.05, 3.63) is 76.3 Å². The smallest absolute Gasteiger partial charge is 0.141 e. The molecule has 7 nitrogen and oxygen atoms in total. The molecule has 1 aromatic heterocycles. The first kappa shape index (κ1) is 41.4. The molecular weight excluding hydrogens is 570 g/mol. The molecule has 1 aliphatic rings. The van der Waals surface area contributed by atoms with Crippen LogP contribution in [0, 0.1) is 0 Å². The summed E-state index contributed by atoms with van der Waals surface area (Å²) in [6.45, 7) is 16.5. The summed E-state index contributed by atoms with van der Waals surface area (Å²) in [6.07, 6.45) is 13.3. The van der Waals surface area contributed by atoms with Gasteiger partial charge in [-0.2, -0.15) is 11.8 Å². The van der Waals surface area contributed by atoms with Gasteiger partial charge in [-0.25, -0.2) is 0 Å². The van der Waals surface area contributed by atoms with Gasteiger partial charge < -0.3 is 25.2 Å². The van der Waals surface area contributed by atoms with Crippen LogP contribution in [0.1, 0.15) is 98.8 Å². The normalized spacial score (nSPS) is 17.2. The van der Waals surface area contributed by atoms with E-state index in [1.54, 1.807) is 13.1 Å². The molecule has 0 spiro atoms. The highest BCUT2D eigenvalue weighted by molar-refractivity contribution is 7.98. The van der Waals surface area contributed by atoms with Gasteiger partial charge in [-0.3, -0.25) is 4.99 Å². The highest BCUT2D eigenvalue weighted by atomic mass is 32.2. The van der Waals surface area contributed by atoms with Crippen LogP contribution in [0.25, 0.3) is 11.3 Å². The van der Waals surface area contributed by atoms with Crippen LogP contribution in [0.5, 0.6) is 0 Å². The Hall–Kier alpha value is -2.65. The molecule has 0 bridgehead atoms. The molecule has 1 aromatic carbocycles. The van der Waals surface area contributed by atoms with Crippen molar-refractivity contribution in [2.24, 2.45) is 10.7 Å². The van der Waals surface area contributed by atoms with Gasteiger partial charge in [-0.05, 0) is 65.9 Å². The van der Waals surface area contributed by atoms with Gasteiger partial charge in [0.2, 0.25) is 0 Å². The topological polar surface area (TPSA) is 114 Å². The summed E-state index contributed by atoms with van der Waals surface area (Å²) in [5.74, 6) is 2.99. The number of aryl methyl sites for hydroxylation is 1. The van der Waals surface area contributed by atoms with Gasteiger partial charge in [0.05, 0.1) is 12.2 Å². The number of hydrogen-bond acceptors (Lipinski definition) is 8. The molecule has 2 aromatic rings. The number of hydrogen-bond donors (Lipinski definition) is 3. The summed E-state index contributed by atoms with van der Waals surface area (Å²) in [7, 11) is 1.00. The second-order valence-corrected chi connectivity index (χ2v) is 11.3. The lowest BCUT2D eigenvalue weighted by molar-refractivity contribution is 0.0700. The van der Waals surface area contributed by atoms with E-state index in [-0.39, 0.29) is 6.61 Å². The van der Waals surface area contributed by atoms with E-state index in [1.807, 2.05) is 43.8 Å². The summed E-state index contributed by atoms with van der Waals surface area (Å²) in [6, 6.07) is 10.3. The van der Waals surface area contributed by atoms with Gasteiger partial charge in [0.25, 0.3) is 0 Å². The second kappa shape index (κ2) is 25.7. The number of allylic oxidation sites excluding steroid dienone is 4. The highest BCUT2D eigenvalue weighted by Gasteiger charge is 2.22. The standard InChI is InChI=1S/C18H23NO2S.C15H26N2.C2H6O.CH4O/c1-3-17-16(12-22-11-15-10-9-13(2)20-15)18(19-21-17)14-7-5-4-6-8-14;1-6-9-10-11-14(13(5)17-8-3)15(16)12(4)7-2;1-2-3;1-2/h4-8,13,15H,3,9-12H2,1-2H3;8,10-11H,6-7,9,16H2,1-5H3;3H,2H2,1H3;2H,1H3/b;11-10-,14-13-,15-12-,17-8?;;. The number of aromatic nitrogens is 1. The largest absolute Gasteiger partial charge is 0.400 e. The van der Waals surface area contributed by atoms with Crippen molar-refractivity contribution < 1.29 is 19.5 Å². The van der Waals surface area contributed by atoms with Crippen molar-refractivity contribution in [2.45, 2.75) is 112 Å². The number of aliphatic imine (C=N–C) groups is 1. The zero-order valence-corrected chi connectivity index (χ0v) is 29.5. The molecule has 0 amide bonds. The van der Waals surface area contributed by atoms with Gasteiger partial charge in [-0.15, -0.1) is 0 Å². The number of aliphatic hydroxyl groups is 2. The first-order valence-corrected chi connectivity index (χ1v) is 17.1. The maximum atomic E-state index is 7.57. The number of thioether (sulfide) groups is 1. The molecule has 0 aliphatic carbocycles. The lowest BCUT2D eigenvalue weighted by Gasteiger charge is -2.10. The van der Waals surface area contributed by atoms with Crippen molar-refractivity contribution >= 4 is 18.0 Å². The minimum atomic E-state index is 0.250. The fourth-order valence-electron chi connectivity index (χ4n) is 4.35. The van der Waals surface area contributed by atoms with E-state index < -0.39 is 0 Å². The zero-order chi connectivity index (χ0) is 33.3. The molecule has 8 heteroatoms. The van der Waals surface area contributed by atoms with Crippen molar-refractivity contribution in [1.82, 2.24) is 5.16 Å². The van der Waals surface area contributed by atoms with Gasteiger partial charge in [0, 0.05) is 66.0 Å². The quantitative estimate of drug-likeness (QED) is 0.159. The van der Waals surface area contributed by atoms with Crippen molar-refractivity contribution in [3.8, 4) is 11.3 Å². The van der Waals surface area contributed by atoms with Crippen LogP contribution >= 0.6 is 11.8 Å². The second-order valence-electron chi connectivity index (χ2n) is 10.3. The van der Waals surface area contributed by atoms with Crippen LogP contribution in [-0.4, -0.2) is 53.3 Å². The molecule has 0 saturated carbocycles. The van der Waals surface area contributed by atoms with Crippen LogP contribution in [0.4, 0.5) is 0 Å². The first-order chi connectivity index (χ1) is 21.3. The fraction of sp³-hybridized carbons (Fsp3) is 0.556. The van der Waals surface area contributed by atoms with Crippen molar-refractivity contribution in [3.63, 3.8) is 0 Å². The Bertz CT molecular complexity index is 1140. The maximum Gasteiger partial charge on any atom is 0.141 e. The van der Waals surface area contributed by atoms with Crippen LogP contribution in [-0.2, 0) is 16.9 Å². The molecule has 2 atom stereocenters. The van der Waals surface area contributed by atoms with Crippen LogP contribution in [0.15, 0.2) is 74.5 Å². The number of nitrogens with two attached hydrogens (primary N) is 1. The van der Waals surface area contributed by atoms with Crippen molar-refractivity contribution in [2.75, 3.05) is 19.5 Å². The lowest BCUT2D eigenvalue weighted by Crippen LogP contribution is -2.11. The van der Waals surface area contributed by atoms with Gasteiger partial charge in [0.15, 0.2) is 0 Å². The molecule has 1 fully saturated rings. The predicted octanol–water partition coefficient (Wildman–Crippen LogP) is 8.66. The molecule has 4 N–H and O–H groups in total. The third-order valence-corrected chi connectivity index (χ3v) is 7.94. The molecule has 0 radical (unpaired) electrons. The van der Waals surface area contributed by atoms with Crippen LogP contribution in [0.2, 0.25) is 0 Å². The Morgan fingerprint density at radius 1 is 1.11 bits per heavy atom. The van der Waals surface area contributed by atoms with E-state index in [2.05, 4.69) is 69.1 Å². The Kier molecular flexibility index (Phi) is 24.1. The number of aliphatic hydroxyl groups excluding tert-OH is 2. The Labute approximate surface area is 271 Å². The SMILES string of the molecule is CC=N/C(C)=C(/C=C\CCC)C(\N)=C(/C)CC.CCO.CCc1onc(-c2ccccc2)c1CSCC1CCC(C)O1.CO. The highest BCUT2D eigenvalue weighted by Crippen LogP contribution is 2.31. The Morgan fingerprint density at radius 2 is 1.77 bits per heavy atom. The van der Waals surface area contributed by atoms with E-state index in [0.717, 1.165) is 78.3 Å². The van der Waals surface area contributed by atoms with Crippen LogP contribution in [0.3, 0.4) is 0 Å². The Balaban J connectivity index is 0.000000755. The molecule has 2 unspecified atom stereocenters. The lowest BCUT2D eigenvalue weighted by atomic mass is 10.0. The summed E-state index contributed by atoms with van der Waals surface area (Å²) in [5, 5.41) is 18.9. The first-order valence-electron chi connectivity index (χ1n) is 15.9. The Morgan fingerprint density at radius 3 is 2.30 bits per heavy atom. The molecule has 2 heterocycles. The molecule has 248 valence electrons. The number of rotatable bonds is 12. The fourth-order valence-corrected chi connectivity index (χ4v) is 5.48.